The highest BCUT2D eigenvalue weighted by atomic mass is 19.3. The second kappa shape index (κ2) is 9.26. The van der Waals surface area contributed by atoms with E-state index in [4.69, 9.17) is 10.5 Å². The number of hydrogen-bond acceptors (Lipinski definition) is 6. The molecule has 10 heteroatoms. The zero-order valence-electron chi connectivity index (χ0n) is 15.3. The van der Waals surface area contributed by atoms with Crippen molar-refractivity contribution in [2.75, 3.05) is 43.1 Å². The van der Waals surface area contributed by atoms with Crippen molar-refractivity contribution in [1.29, 1.82) is 0 Å². The molecule has 1 aliphatic carbocycles. The van der Waals surface area contributed by atoms with E-state index in [0.29, 0.717) is 31.3 Å². The van der Waals surface area contributed by atoms with Crippen molar-refractivity contribution in [2.24, 2.45) is 11.7 Å². The summed E-state index contributed by atoms with van der Waals surface area (Å²) in [5, 5.41) is 5.67. The molecule has 4 N–H and O–H groups in total. The van der Waals surface area contributed by atoms with Crippen LogP contribution in [0.2, 0.25) is 0 Å². The van der Waals surface area contributed by atoms with E-state index in [0.717, 1.165) is 12.8 Å². The molecule has 1 aliphatic heterocycles. The van der Waals surface area contributed by atoms with Crippen LogP contribution in [0.15, 0.2) is 18.2 Å². The summed E-state index contributed by atoms with van der Waals surface area (Å²) < 4.78 is 35.4. The van der Waals surface area contributed by atoms with E-state index in [-0.39, 0.29) is 30.5 Å². The van der Waals surface area contributed by atoms with Crippen molar-refractivity contribution >= 4 is 23.2 Å². The van der Waals surface area contributed by atoms with Crippen LogP contribution in [0.4, 0.5) is 20.2 Å². The van der Waals surface area contributed by atoms with Gasteiger partial charge in [-0.15, -0.1) is 0 Å². The zero-order chi connectivity index (χ0) is 20.1. The van der Waals surface area contributed by atoms with E-state index in [1.807, 2.05) is 0 Å². The average molecular weight is 398 g/mol. The van der Waals surface area contributed by atoms with Gasteiger partial charge in [-0.25, -0.2) is 0 Å². The molecule has 2 fully saturated rings. The van der Waals surface area contributed by atoms with Gasteiger partial charge >= 0.3 is 6.61 Å². The Labute approximate surface area is 161 Å². The van der Waals surface area contributed by atoms with Gasteiger partial charge < -0.3 is 30.7 Å². The monoisotopic (exact) mass is 398 g/mol. The van der Waals surface area contributed by atoms with Gasteiger partial charge in [0, 0.05) is 24.8 Å². The van der Waals surface area contributed by atoms with Crippen molar-refractivity contribution in [3.8, 4) is 5.75 Å². The van der Waals surface area contributed by atoms with Crippen LogP contribution in [0.5, 0.6) is 5.75 Å². The first-order valence-corrected chi connectivity index (χ1v) is 9.19. The predicted molar refractivity (Wildman–Crippen MR) is 98.4 cm³/mol. The number of morpholine rings is 1. The maximum absolute atomic E-state index is 12.9. The van der Waals surface area contributed by atoms with E-state index in [1.165, 1.54) is 17.0 Å². The predicted octanol–water partition coefficient (Wildman–Crippen LogP) is 0.917. The fourth-order valence-corrected chi connectivity index (χ4v) is 2.90. The van der Waals surface area contributed by atoms with E-state index in [1.54, 1.807) is 6.07 Å². The minimum atomic E-state index is -3.08. The van der Waals surface area contributed by atoms with Crippen molar-refractivity contribution in [2.45, 2.75) is 25.5 Å². The largest absolute Gasteiger partial charge is 0.433 e. The molecule has 1 heterocycles. The molecule has 0 radical (unpaired) electrons. The molecule has 0 bridgehead atoms. The molecule has 2 aliphatic rings. The van der Waals surface area contributed by atoms with Crippen LogP contribution in [0.25, 0.3) is 0 Å². The highest BCUT2D eigenvalue weighted by Crippen LogP contribution is 2.32. The standard InChI is InChI=1S/C18H24F2N4O4/c19-18(20)28-15-7-12(24-5-6-27-10-16(24)25)3-4-13(15)23-17(26)14(8-21)22-9-11-1-2-11/h3-4,7,11,14,18,22H,1-2,5-6,8-10,21H2,(H,23,26)/t14-/m1/s1. The highest BCUT2D eigenvalue weighted by molar-refractivity contribution is 5.98. The SMILES string of the molecule is NC[C@@H](NCC1CC1)C(=O)Nc1ccc(N2CCOCC2=O)cc1OC(F)F. The Bertz CT molecular complexity index is 715. The lowest BCUT2D eigenvalue weighted by atomic mass is 10.2. The van der Waals surface area contributed by atoms with Crippen LogP contribution in [-0.2, 0) is 14.3 Å². The second-order valence-corrected chi connectivity index (χ2v) is 6.79. The molecule has 28 heavy (non-hydrogen) atoms. The molecule has 1 aromatic carbocycles. The number of nitrogens with zero attached hydrogens (tertiary/aromatic N) is 1. The quantitative estimate of drug-likeness (QED) is 0.571. The van der Waals surface area contributed by atoms with E-state index in [2.05, 4.69) is 15.4 Å². The number of anilines is 2. The normalized spacial score (nSPS) is 18.3. The van der Waals surface area contributed by atoms with Crippen LogP contribution < -0.4 is 26.0 Å². The summed E-state index contributed by atoms with van der Waals surface area (Å²) in [6.45, 7) is -1.74. The molecule has 0 aromatic heterocycles. The van der Waals surface area contributed by atoms with Crippen LogP contribution >= 0.6 is 0 Å². The number of carbonyl (C=O) groups excluding carboxylic acids is 2. The smallest absolute Gasteiger partial charge is 0.387 e. The van der Waals surface area contributed by atoms with Crippen LogP contribution in [0, 0.1) is 5.92 Å². The Kier molecular flexibility index (Phi) is 6.76. The van der Waals surface area contributed by atoms with Gasteiger partial charge in [-0.1, -0.05) is 0 Å². The molecule has 0 spiro atoms. The van der Waals surface area contributed by atoms with Gasteiger partial charge in [-0.3, -0.25) is 9.59 Å². The van der Waals surface area contributed by atoms with Crippen molar-refractivity contribution in [3.05, 3.63) is 18.2 Å². The number of ether oxygens (including phenoxy) is 2. The number of alkyl halides is 2. The lowest BCUT2D eigenvalue weighted by molar-refractivity contribution is -0.125. The molecule has 1 atom stereocenters. The number of nitrogens with one attached hydrogen (secondary N) is 2. The molecule has 0 unspecified atom stereocenters. The molecule has 154 valence electrons. The summed E-state index contributed by atoms with van der Waals surface area (Å²) in [6, 6.07) is 3.66. The Morgan fingerprint density at radius 3 is 2.82 bits per heavy atom. The summed E-state index contributed by atoms with van der Waals surface area (Å²) >= 11 is 0. The first kappa shape index (κ1) is 20.4. The van der Waals surface area contributed by atoms with Crippen LogP contribution in [-0.4, -0.2) is 57.3 Å². The number of benzene rings is 1. The summed E-state index contributed by atoms with van der Waals surface area (Å²) in [5.74, 6) is -0.376. The van der Waals surface area contributed by atoms with Gasteiger partial charge in [-0.05, 0) is 37.4 Å². The number of hydrogen-bond donors (Lipinski definition) is 3. The molecule has 3 rings (SSSR count). The van der Waals surface area contributed by atoms with Crippen molar-refractivity contribution in [3.63, 3.8) is 0 Å². The second-order valence-electron chi connectivity index (χ2n) is 6.79. The number of carbonyl (C=O) groups is 2. The van der Waals surface area contributed by atoms with Gasteiger partial charge in [0.25, 0.3) is 5.91 Å². The summed E-state index contributed by atoms with van der Waals surface area (Å²) in [7, 11) is 0. The minimum absolute atomic E-state index is 0.0734. The third-order valence-corrected chi connectivity index (χ3v) is 4.64. The molecular weight excluding hydrogens is 374 g/mol. The van der Waals surface area contributed by atoms with Gasteiger partial charge in [0.2, 0.25) is 5.91 Å². The number of nitrogens with two attached hydrogens (primary N) is 1. The van der Waals surface area contributed by atoms with Gasteiger partial charge in [0.1, 0.15) is 6.61 Å². The zero-order valence-corrected chi connectivity index (χ0v) is 15.3. The maximum atomic E-state index is 12.9. The fourth-order valence-electron chi connectivity index (χ4n) is 2.90. The fraction of sp³-hybridized carbons (Fsp3) is 0.556. The molecule has 1 saturated heterocycles. The molecule has 1 aromatic rings. The summed E-state index contributed by atoms with van der Waals surface area (Å²) in [6.07, 6.45) is 2.25. The maximum Gasteiger partial charge on any atom is 0.387 e. The van der Waals surface area contributed by atoms with E-state index < -0.39 is 18.6 Å². The Hall–Kier alpha value is -2.30. The van der Waals surface area contributed by atoms with Crippen molar-refractivity contribution < 1.29 is 27.8 Å². The first-order valence-electron chi connectivity index (χ1n) is 9.19. The van der Waals surface area contributed by atoms with Crippen molar-refractivity contribution in [1.82, 2.24) is 5.32 Å². The van der Waals surface area contributed by atoms with E-state index >= 15 is 0 Å². The minimum Gasteiger partial charge on any atom is -0.433 e. The van der Waals surface area contributed by atoms with E-state index in [9.17, 15) is 18.4 Å². The topological polar surface area (TPSA) is 106 Å². The summed E-state index contributed by atoms with van der Waals surface area (Å²) in [4.78, 5) is 25.9. The summed E-state index contributed by atoms with van der Waals surface area (Å²) in [5.41, 5.74) is 6.14. The highest BCUT2D eigenvalue weighted by Gasteiger charge is 2.26. The van der Waals surface area contributed by atoms with Gasteiger partial charge in [0.15, 0.2) is 5.75 Å². The Morgan fingerprint density at radius 2 is 2.18 bits per heavy atom. The Balaban J connectivity index is 1.74. The number of halogens is 2. The lowest BCUT2D eigenvalue weighted by Crippen LogP contribution is -2.46. The van der Waals surface area contributed by atoms with Crippen LogP contribution in [0.3, 0.4) is 0 Å². The number of rotatable bonds is 9. The first-order chi connectivity index (χ1) is 13.5. The third-order valence-electron chi connectivity index (χ3n) is 4.64. The number of amides is 2. The van der Waals surface area contributed by atoms with Gasteiger partial charge in [-0.2, -0.15) is 8.78 Å². The molecule has 1 saturated carbocycles. The lowest BCUT2D eigenvalue weighted by Gasteiger charge is -2.27. The average Bonchev–Trinajstić information content (AvgIpc) is 3.48. The molecule has 8 nitrogen and oxygen atoms in total. The molecule has 2 amide bonds. The Morgan fingerprint density at radius 1 is 1.39 bits per heavy atom. The third kappa shape index (κ3) is 5.37. The molecular formula is C18H24F2N4O4. The van der Waals surface area contributed by atoms with Crippen LogP contribution in [0.1, 0.15) is 12.8 Å². The van der Waals surface area contributed by atoms with Gasteiger partial charge in [0.05, 0.1) is 18.3 Å².